The molecule has 0 bridgehead atoms. The van der Waals surface area contributed by atoms with Gasteiger partial charge in [-0.1, -0.05) is 56.2 Å². The van der Waals surface area contributed by atoms with E-state index in [1.54, 1.807) is 24.3 Å². The van der Waals surface area contributed by atoms with Crippen molar-refractivity contribution >= 4 is 10.0 Å². The minimum atomic E-state index is -5.47. The van der Waals surface area contributed by atoms with E-state index in [1.165, 1.54) is 0 Å². The molecule has 4 rings (SSSR count). The van der Waals surface area contributed by atoms with E-state index in [1.807, 2.05) is 30.3 Å². The SMILES string of the molecule is [2H]C1([2H])Oc2ccc(S(=O)(=O)N(C[C@@]([2H])(O)[C@@H](N)Cc3ccc(OCc4ccccc4)cc3)C([2H])([2H])C([2H])(C([2H])([2H])[2H])C([2H])([2H])[2H])cc2O1. The molecule has 1 aliphatic heterocycles. The highest BCUT2D eigenvalue weighted by Gasteiger charge is 2.31. The van der Waals surface area contributed by atoms with Gasteiger partial charge < -0.3 is 25.1 Å². The Bertz CT molecular complexity index is 1720. The summed E-state index contributed by atoms with van der Waals surface area (Å²) in [5, 5.41) is 11.3. The fourth-order valence-electron chi connectivity index (χ4n) is 3.46. The minimum Gasteiger partial charge on any atom is -0.489 e. The van der Waals surface area contributed by atoms with Gasteiger partial charge in [0.15, 0.2) is 11.5 Å². The molecular formula is C28H34N2O6S. The Hall–Kier alpha value is -3.11. The topological polar surface area (TPSA) is 111 Å². The van der Waals surface area contributed by atoms with Crippen molar-refractivity contribution in [2.45, 2.75) is 43.7 Å². The lowest BCUT2D eigenvalue weighted by molar-refractivity contribution is 0.116. The maximum absolute atomic E-state index is 14.1. The first-order chi connectivity index (χ1) is 22.3. The summed E-state index contributed by atoms with van der Waals surface area (Å²) >= 11 is 0. The molecule has 3 N–H and O–H groups in total. The molecule has 0 aliphatic carbocycles. The van der Waals surface area contributed by atoms with Crippen molar-refractivity contribution in [2.24, 2.45) is 11.6 Å². The van der Waals surface area contributed by atoms with E-state index in [0.717, 1.165) is 17.7 Å². The van der Waals surface area contributed by atoms with Crippen LogP contribution in [0.2, 0.25) is 0 Å². The zero-order valence-corrected chi connectivity index (χ0v) is 20.4. The number of fused-ring (bicyclic) bond motifs is 1. The highest BCUT2D eigenvalue weighted by molar-refractivity contribution is 7.89. The molecule has 8 nitrogen and oxygen atoms in total. The number of hydrogen-bond donors (Lipinski definition) is 2. The molecule has 0 unspecified atom stereocenters. The Kier molecular flexibility index (Phi) is 4.96. The van der Waals surface area contributed by atoms with Crippen LogP contribution >= 0.6 is 0 Å². The molecule has 0 radical (unpaired) electrons. The standard InChI is InChI=1S/C28H34N2O6S/c1-20(2)16-30(37(32,33)24-12-13-27-28(15-24)36-19-35-27)17-26(31)25(29)14-21-8-10-23(11-9-21)34-18-22-6-4-3-5-7-22/h3-13,15,20,25-26,31H,14,16-19,29H2,1-2H3/t25-,26+/m0/s1/i1D3,2D3,16D2,19D2,20D,26D. The van der Waals surface area contributed by atoms with Gasteiger partial charge in [-0.2, -0.15) is 4.31 Å². The fraction of sp³-hybridized carbons (Fsp3) is 0.357. The summed E-state index contributed by atoms with van der Waals surface area (Å²) in [5.74, 6) is -4.38. The van der Waals surface area contributed by atoms with Crippen LogP contribution in [0, 0.1) is 5.89 Å². The predicted octanol–water partition coefficient (Wildman–Crippen LogP) is 3.57. The number of rotatable bonds is 12. The Morgan fingerprint density at radius 1 is 1.11 bits per heavy atom. The Labute approximate surface area is 235 Å². The quantitative estimate of drug-likeness (QED) is 0.363. The Morgan fingerprint density at radius 3 is 2.57 bits per heavy atom. The Morgan fingerprint density at radius 2 is 1.84 bits per heavy atom. The lowest BCUT2D eigenvalue weighted by Gasteiger charge is -2.28. The van der Waals surface area contributed by atoms with Crippen molar-refractivity contribution in [2.75, 3.05) is 19.8 Å². The van der Waals surface area contributed by atoms with E-state index in [-0.39, 0.29) is 23.1 Å². The van der Waals surface area contributed by atoms with Gasteiger partial charge in [0.25, 0.3) is 0 Å². The largest absolute Gasteiger partial charge is 0.489 e. The van der Waals surface area contributed by atoms with Crippen molar-refractivity contribution in [1.82, 2.24) is 4.31 Å². The molecule has 0 aromatic heterocycles. The van der Waals surface area contributed by atoms with Gasteiger partial charge in [-0.15, -0.1) is 0 Å². The van der Waals surface area contributed by atoms with Gasteiger partial charge >= 0.3 is 0 Å². The molecular weight excluding hydrogens is 492 g/mol. The zero-order valence-electron chi connectivity index (χ0n) is 31.5. The molecule has 0 saturated carbocycles. The molecule has 37 heavy (non-hydrogen) atoms. The maximum Gasteiger partial charge on any atom is 0.243 e. The second-order valence-corrected chi connectivity index (χ2v) is 9.98. The predicted molar refractivity (Wildman–Crippen MR) is 141 cm³/mol. The van der Waals surface area contributed by atoms with E-state index < -0.39 is 72.2 Å². The first kappa shape index (κ1) is 15.3. The number of nitrogens with two attached hydrogens (primary N) is 1. The molecule has 0 saturated heterocycles. The average molecular weight is 539 g/mol. The van der Waals surface area contributed by atoms with Crippen LogP contribution in [0.4, 0.5) is 0 Å². The van der Waals surface area contributed by atoms with Gasteiger partial charge in [-0.05, 0) is 47.7 Å². The normalized spacial score (nSPS) is 23.0. The first-order valence-corrected chi connectivity index (χ1v) is 12.5. The van der Waals surface area contributed by atoms with Crippen LogP contribution in [-0.2, 0) is 23.1 Å². The highest BCUT2D eigenvalue weighted by atomic mass is 32.2. The summed E-state index contributed by atoms with van der Waals surface area (Å²) in [7, 11) is -5.47. The highest BCUT2D eigenvalue weighted by Crippen LogP contribution is 2.34. The summed E-state index contributed by atoms with van der Waals surface area (Å²) in [6, 6.07) is 16.4. The monoisotopic (exact) mass is 538 g/mol. The van der Waals surface area contributed by atoms with Crippen LogP contribution < -0.4 is 19.9 Å². The summed E-state index contributed by atoms with van der Waals surface area (Å²) < 4.78 is 140. The Balaban J connectivity index is 1.68. The van der Waals surface area contributed by atoms with Crippen LogP contribution in [0.25, 0.3) is 0 Å². The van der Waals surface area contributed by atoms with Crippen LogP contribution in [0.15, 0.2) is 77.7 Å². The third-order valence-electron chi connectivity index (χ3n) is 5.40. The number of aliphatic hydroxyl groups is 1. The minimum absolute atomic E-state index is 0.242. The number of nitrogens with zero attached hydrogens (tertiary/aromatic N) is 1. The van der Waals surface area contributed by atoms with Crippen molar-refractivity contribution in [3.05, 3.63) is 83.9 Å². The van der Waals surface area contributed by atoms with Gasteiger partial charge in [0, 0.05) is 37.5 Å². The van der Waals surface area contributed by atoms with Crippen molar-refractivity contribution < 1.29 is 44.2 Å². The number of hydrogen-bond acceptors (Lipinski definition) is 7. The van der Waals surface area contributed by atoms with Gasteiger partial charge in [0.1, 0.15) is 15.1 Å². The third-order valence-corrected chi connectivity index (χ3v) is 7.05. The molecule has 3 aromatic carbocycles. The molecule has 1 heterocycles. The maximum atomic E-state index is 14.1. The zero-order chi connectivity index (χ0) is 36.8. The molecule has 2 atom stereocenters. The van der Waals surface area contributed by atoms with Gasteiger partial charge in [-0.25, -0.2) is 8.42 Å². The van der Waals surface area contributed by atoms with E-state index >= 15 is 0 Å². The smallest absolute Gasteiger partial charge is 0.243 e. The summed E-state index contributed by atoms with van der Waals surface area (Å²) in [4.78, 5) is -0.884. The average Bonchev–Trinajstić information content (AvgIpc) is 3.31. The molecule has 0 fully saturated rings. The lowest BCUT2D eigenvalue weighted by Crippen LogP contribution is -2.47. The molecule has 0 amide bonds. The molecule has 0 spiro atoms. The van der Waals surface area contributed by atoms with Crippen LogP contribution in [0.1, 0.15) is 41.3 Å². The van der Waals surface area contributed by atoms with E-state index in [2.05, 4.69) is 0 Å². The lowest BCUT2D eigenvalue weighted by atomic mass is 10.0. The number of sulfonamides is 1. The van der Waals surface area contributed by atoms with Crippen molar-refractivity contribution in [3.8, 4) is 17.2 Å². The van der Waals surface area contributed by atoms with E-state index in [9.17, 15) is 13.5 Å². The molecule has 1 aliphatic rings. The fourth-order valence-corrected chi connectivity index (χ4v) is 4.72. The second kappa shape index (κ2) is 12.0. The van der Waals surface area contributed by atoms with Crippen LogP contribution in [-0.4, -0.2) is 49.7 Å². The van der Waals surface area contributed by atoms with Crippen molar-refractivity contribution in [1.29, 1.82) is 0 Å². The summed E-state index contributed by atoms with van der Waals surface area (Å²) in [6.45, 7) is -16.2. The van der Waals surface area contributed by atoms with Gasteiger partial charge in [0.2, 0.25) is 16.8 Å². The number of ether oxygens (including phenoxy) is 3. The summed E-state index contributed by atoms with van der Waals surface area (Å²) in [5.41, 5.74) is 7.51. The van der Waals surface area contributed by atoms with Crippen molar-refractivity contribution in [3.63, 3.8) is 0 Å². The first-order valence-electron chi connectivity index (χ1n) is 17.1. The van der Waals surface area contributed by atoms with E-state index in [4.69, 9.17) is 36.4 Å². The second-order valence-electron chi connectivity index (χ2n) is 8.11. The molecule has 3 aromatic rings. The van der Waals surface area contributed by atoms with Crippen LogP contribution in [0.3, 0.4) is 0 Å². The van der Waals surface area contributed by atoms with Crippen LogP contribution in [0.5, 0.6) is 17.2 Å². The summed E-state index contributed by atoms with van der Waals surface area (Å²) in [6.07, 6.45) is -3.40. The third kappa shape index (κ3) is 7.01. The molecule has 198 valence electrons. The molecule has 9 heteroatoms. The number of benzene rings is 3. The van der Waals surface area contributed by atoms with Gasteiger partial charge in [0.05, 0.1) is 12.3 Å². The van der Waals surface area contributed by atoms with Gasteiger partial charge in [-0.3, -0.25) is 0 Å². The van der Waals surface area contributed by atoms with E-state index in [0.29, 0.717) is 17.4 Å².